The highest BCUT2D eigenvalue weighted by molar-refractivity contribution is 5.95. The number of anilines is 1. The Morgan fingerprint density at radius 3 is 2.53 bits per heavy atom. The molecule has 0 fully saturated rings. The van der Waals surface area contributed by atoms with E-state index in [-0.39, 0.29) is 11.3 Å². The Morgan fingerprint density at radius 2 is 2.11 bits per heavy atom. The Morgan fingerprint density at radius 1 is 1.47 bits per heavy atom. The maximum Gasteiger partial charge on any atom is 0.338 e. The van der Waals surface area contributed by atoms with E-state index in [0.29, 0.717) is 24.7 Å². The van der Waals surface area contributed by atoms with Crippen molar-refractivity contribution in [3.8, 4) is 0 Å². The second kappa shape index (κ2) is 6.17. The lowest BCUT2D eigenvalue weighted by Crippen LogP contribution is -2.28. The molecule has 19 heavy (non-hydrogen) atoms. The normalized spacial score (nSPS) is 10.5. The molecule has 104 valence electrons. The molecule has 1 aromatic carbocycles. The average molecular weight is 266 g/mol. The number of nitro groups is 1. The standard InChI is InChI=1S/C13H18N2O4/c1-4-14(8-9(2)3)12-6-5-10(15(18)19)7-11(12)13(16)17/h5-7,9H,4,8H2,1-3H3,(H,16,17). The van der Waals surface area contributed by atoms with Gasteiger partial charge in [-0.25, -0.2) is 4.79 Å². The van der Waals surface area contributed by atoms with E-state index in [0.717, 1.165) is 6.07 Å². The lowest BCUT2D eigenvalue weighted by molar-refractivity contribution is -0.384. The van der Waals surface area contributed by atoms with Crippen LogP contribution in [-0.2, 0) is 0 Å². The van der Waals surface area contributed by atoms with Gasteiger partial charge < -0.3 is 10.0 Å². The van der Waals surface area contributed by atoms with Crippen LogP contribution in [0.25, 0.3) is 0 Å². The maximum absolute atomic E-state index is 11.3. The van der Waals surface area contributed by atoms with Crippen LogP contribution in [-0.4, -0.2) is 29.1 Å². The van der Waals surface area contributed by atoms with Crippen LogP contribution in [0.15, 0.2) is 18.2 Å². The summed E-state index contributed by atoms with van der Waals surface area (Å²) in [7, 11) is 0. The number of benzene rings is 1. The lowest BCUT2D eigenvalue weighted by Gasteiger charge is -2.26. The van der Waals surface area contributed by atoms with Crippen molar-refractivity contribution < 1.29 is 14.8 Å². The zero-order chi connectivity index (χ0) is 14.6. The molecule has 0 bridgehead atoms. The molecule has 0 aliphatic carbocycles. The predicted octanol–water partition coefficient (Wildman–Crippen LogP) is 2.78. The van der Waals surface area contributed by atoms with Crippen molar-refractivity contribution in [2.24, 2.45) is 5.92 Å². The molecule has 0 aliphatic heterocycles. The van der Waals surface area contributed by atoms with Crippen LogP contribution in [0.5, 0.6) is 0 Å². The van der Waals surface area contributed by atoms with Crippen molar-refractivity contribution in [3.63, 3.8) is 0 Å². The zero-order valence-corrected chi connectivity index (χ0v) is 11.3. The van der Waals surface area contributed by atoms with Crippen molar-refractivity contribution in [1.82, 2.24) is 0 Å². The van der Waals surface area contributed by atoms with Gasteiger partial charge in [0.25, 0.3) is 5.69 Å². The number of carbonyl (C=O) groups is 1. The van der Waals surface area contributed by atoms with E-state index in [9.17, 15) is 20.0 Å². The molecule has 1 rings (SSSR count). The fraction of sp³-hybridized carbons (Fsp3) is 0.462. The summed E-state index contributed by atoms with van der Waals surface area (Å²) in [6.45, 7) is 7.35. The second-order valence-electron chi connectivity index (χ2n) is 4.70. The minimum Gasteiger partial charge on any atom is -0.478 e. The molecule has 0 heterocycles. The van der Waals surface area contributed by atoms with Crippen LogP contribution in [0.4, 0.5) is 11.4 Å². The van der Waals surface area contributed by atoms with Crippen LogP contribution < -0.4 is 4.90 Å². The molecular formula is C13H18N2O4. The number of hydrogen-bond acceptors (Lipinski definition) is 4. The Bertz CT molecular complexity index is 486. The second-order valence-corrected chi connectivity index (χ2v) is 4.70. The van der Waals surface area contributed by atoms with Gasteiger partial charge in [-0.05, 0) is 18.9 Å². The molecule has 6 nitrogen and oxygen atoms in total. The Balaban J connectivity index is 3.25. The van der Waals surface area contributed by atoms with Gasteiger partial charge in [0.2, 0.25) is 0 Å². The highest BCUT2D eigenvalue weighted by atomic mass is 16.6. The van der Waals surface area contributed by atoms with Crippen molar-refractivity contribution in [1.29, 1.82) is 0 Å². The summed E-state index contributed by atoms with van der Waals surface area (Å²) in [5.74, 6) is -0.780. The molecule has 0 aromatic heterocycles. The Labute approximate surface area is 111 Å². The van der Waals surface area contributed by atoms with E-state index in [1.165, 1.54) is 12.1 Å². The van der Waals surface area contributed by atoms with E-state index in [1.54, 1.807) is 0 Å². The third-order valence-electron chi connectivity index (χ3n) is 2.73. The topological polar surface area (TPSA) is 83.7 Å². The summed E-state index contributed by atoms with van der Waals surface area (Å²) >= 11 is 0. The molecule has 0 saturated carbocycles. The Kier molecular flexibility index (Phi) is 4.86. The molecule has 0 unspecified atom stereocenters. The third kappa shape index (κ3) is 3.67. The summed E-state index contributed by atoms with van der Waals surface area (Å²) in [5, 5.41) is 19.9. The number of carboxylic acid groups (broad SMARTS) is 1. The van der Waals surface area contributed by atoms with Gasteiger partial charge in [-0.15, -0.1) is 0 Å². The third-order valence-corrected chi connectivity index (χ3v) is 2.73. The smallest absolute Gasteiger partial charge is 0.338 e. The van der Waals surface area contributed by atoms with E-state index in [4.69, 9.17) is 0 Å². The minimum atomic E-state index is -1.15. The van der Waals surface area contributed by atoms with E-state index in [1.807, 2.05) is 25.7 Å². The summed E-state index contributed by atoms with van der Waals surface area (Å²) in [4.78, 5) is 23.3. The fourth-order valence-corrected chi connectivity index (χ4v) is 1.92. The van der Waals surface area contributed by atoms with Gasteiger partial charge in [0.15, 0.2) is 0 Å². The number of hydrogen-bond donors (Lipinski definition) is 1. The van der Waals surface area contributed by atoms with Crippen molar-refractivity contribution in [3.05, 3.63) is 33.9 Å². The first-order valence-electron chi connectivity index (χ1n) is 6.13. The molecule has 1 N–H and O–H groups in total. The number of nitrogens with zero attached hydrogens (tertiary/aromatic N) is 2. The summed E-state index contributed by atoms with van der Waals surface area (Å²) in [6, 6.07) is 3.96. The molecule has 0 atom stereocenters. The number of rotatable bonds is 6. The van der Waals surface area contributed by atoms with Crippen molar-refractivity contribution >= 4 is 17.3 Å². The zero-order valence-electron chi connectivity index (χ0n) is 11.3. The van der Waals surface area contributed by atoms with Crippen LogP contribution in [0.2, 0.25) is 0 Å². The predicted molar refractivity (Wildman–Crippen MR) is 72.8 cm³/mol. The average Bonchev–Trinajstić information content (AvgIpc) is 2.34. The summed E-state index contributed by atoms with van der Waals surface area (Å²) in [6.07, 6.45) is 0. The fourth-order valence-electron chi connectivity index (χ4n) is 1.92. The SMILES string of the molecule is CCN(CC(C)C)c1ccc([N+](=O)[O-])cc1C(=O)O. The molecule has 6 heteroatoms. The van der Waals surface area contributed by atoms with Gasteiger partial charge in [-0.2, -0.15) is 0 Å². The largest absolute Gasteiger partial charge is 0.478 e. The lowest BCUT2D eigenvalue weighted by atomic mass is 10.1. The Hall–Kier alpha value is -2.11. The summed E-state index contributed by atoms with van der Waals surface area (Å²) < 4.78 is 0. The number of aromatic carboxylic acids is 1. The first-order chi connectivity index (χ1) is 8.86. The first kappa shape index (κ1) is 14.9. The highest BCUT2D eigenvalue weighted by Gasteiger charge is 2.19. The van der Waals surface area contributed by atoms with E-state index >= 15 is 0 Å². The van der Waals surface area contributed by atoms with Crippen molar-refractivity contribution in [2.75, 3.05) is 18.0 Å². The van der Waals surface area contributed by atoms with Gasteiger partial charge in [0.05, 0.1) is 16.2 Å². The molecule has 0 radical (unpaired) electrons. The minimum absolute atomic E-state index is 0.0308. The van der Waals surface area contributed by atoms with Gasteiger partial charge in [0, 0.05) is 25.2 Å². The van der Waals surface area contributed by atoms with Gasteiger partial charge in [-0.3, -0.25) is 10.1 Å². The molecule has 0 aliphatic rings. The van der Waals surface area contributed by atoms with Crippen LogP contribution in [0.1, 0.15) is 31.1 Å². The summed E-state index contributed by atoms with van der Waals surface area (Å²) in [5.41, 5.74) is 0.285. The highest BCUT2D eigenvalue weighted by Crippen LogP contribution is 2.26. The van der Waals surface area contributed by atoms with Crippen LogP contribution in [0, 0.1) is 16.0 Å². The molecule has 1 aromatic rings. The van der Waals surface area contributed by atoms with Gasteiger partial charge >= 0.3 is 5.97 Å². The number of nitro benzene ring substituents is 1. The monoisotopic (exact) mass is 266 g/mol. The first-order valence-corrected chi connectivity index (χ1v) is 6.13. The quantitative estimate of drug-likeness (QED) is 0.632. The molecule has 0 spiro atoms. The van der Waals surface area contributed by atoms with Crippen LogP contribution in [0.3, 0.4) is 0 Å². The maximum atomic E-state index is 11.3. The molecule has 0 saturated heterocycles. The molecular weight excluding hydrogens is 248 g/mol. The van der Waals surface area contributed by atoms with Gasteiger partial charge in [0.1, 0.15) is 0 Å². The number of carboxylic acids is 1. The number of non-ortho nitro benzene ring substituents is 1. The van der Waals surface area contributed by atoms with Crippen LogP contribution >= 0.6 is 0 Å². The van der Waals surface area contributed by atoms with E-state index < -0.39 is 10.9 Å². The van der Waals surface area contributed by atoms with Crippen molar-refractivity contribution in [2.45, 2.75) is 20.8 Å². The van der Waals surface area contributed by atoms with E-state index in [2.05, 4.69) is 0 Å². The molecule has 0 amide bonds. The van der Waals surface area contributed by atoms with Gasteiger partial charge in [-0.1, -0.05) is 13.8 Å².